The quantitative estimate of drug-likeness (QED) is 0.474. The number of rotatable bonds is 2. The number of fused-ring (bicyclic) bond motifs is 2. The van der Waals surface area contributed by atoms with Gasteiger partial charge in [0.1, 0.15) is 17.3 Å². The molecule has 4 aliphatic rings. The van der Waals surface area contributed by atoms with Crippen LogP contribution in [0, 0.1) is 11.8 Å². The molecule has 2 bridgehead atoms. The topological polar surface area (TPSA) is 52.6 Å². The van der Waals surface area contributed by atoms with Crippen molar-refractivity contribution in [2.24, 2.45) is 11.8 Å². The van der Waals surface area contributed by atoms with Crippen LogP contribution in [0.1, 0.15) is 18.4 Å². The Bertz CT molecular complexity index is 663. The standard InChI is InChI=1S/C17H16O4/c1-20-16(19)14(18)17-11-8-6-10(7-9-11)15(17)21-13-5-3-2-4-12(13)17/h2-6,8,10-11,15H,7,9H2,1H3/t10-,11+,15+,17+/m1/s1. The Balaban J connectivity index is 1.95. The van der Waals surface area contributed by atoms with E-state index in [1.165, 1.54) is 7.11 Å². The summed E-state index contributed by atoms with van der Waals surface area (Å²) in [6.07, 6.45) is 5.82. The van der Waals surface area contributed by atoms with E-state index in [0.717, 1.165) is 24.2 Å². The zero-order chi connectivity index (χ0) is 14.6. The molecule has 0 spiro atoms. The van der Waals surface area contributed by atoms with E-state index in [9.17, 15) is 9.59 Å². The fourth-order valence-corrected chi connectivity index (χ4v) is 4.28. The number of hydrogen-bond acceptors (Lipinski definition) is 4. The number of ether oxygens (including phenoxy) is 2. The molecule has 21 heavy (non-hydrogen) atoms. The fourth-order valence-electron chi connectivity index (χ4n) is 4.28. The van der Waals surface area contributed by atoms with Gasteiger partial charge in [0.15, 0.2) is 0 Å². The molecule has 1 aliphatic heterocycles. The minimum atomic E-state index is -0.901. The number of hydrogen-bond donors (Lipinski definition) is 0. The molecule has 1 aromatic carbocycles. The van der Waals surface area contributed by atoms with Crippen molar-refractivity contribution in [1.29, 1.82) is 0 Å². The van der Waals surface area contributed by atoms with E-state index in [-0.39, 0.29) is 17.9 Å². The Hall–Kier alpha value is -2.10. The predicted molar refractivity (Wildman–Crippen MR) is 74.9 cm³/mol. The lowest BCUT2D eigenvalue weighted by atomic mass is 9.54. The van der Waals surface area contributed by atoms with Gasteiger partial charge in [0.25, 0.3) is 5.78 Å². The molecule has 1 fully saturated rings. The normalized spacial score (nSPS) is 34.8. The third-order valence-corrected chi connectivity index (χ3v) is 5.16. The largest absolute Gasteiger partial charge is 0.488 e. The van der Waals surface area contributed by atoms with Crippen molar-refractivity contribution in [3.8, 4) is 5.75 Å². The van der Waals surface area contributed by atoms with Crippen molar-refractivity contribution in [3.63, 3.8) is 0 Å². The highest BCUT2D eigenvalue weighted by molar-refractivity contribution is 6.38. The molecular weight excluding hydrogens is 268 g/mol. The van der Waals surface area contributed by atoms with Crippen molar-refractivity contribution < 1.29 is 19.1 Å². The van der Waals surface area contributed by atoms with Gasteiger partial charge in [-0.15, -0.1) is 0 Å². The summed E-state index contributed by atoms with van der Waals surface area (Å²) in [6.45, 7) is 0. The van der Waals surface area contributed by atoms with E-state index < -0.39 is 17.2 Å². The first kappa shape index (κ1) is 12.6. The number of para-hydroxylation sites is 1. The zero-order valence-corrected chi connectivity index (χ0v) is 11.7. The first-order valence-corrected chi connectivity index (χ1v) is 7.26. The molecule has 1 heterocycles. The lowest BCUT2D eigenvalue weighted by Crippen LogP contribution is -2.60. The molecule has 1 aromatic rings. The molecule has 0 radical (unpaired) electrons. The van der Waals surface area contributed by atoms with Gasteiger partial charge in [0, 0.05) is 11.5 Å². The van der Waals surface area contributed by atoms with Crippen molar-refractivity contribution in [2.75, 3.05) is 7.11 Å². The lowest BCUT2D eigenvalue weighted by Gasteiger charge is -2.47. The van der Waals surface area contributed by atoms with Crippen LogP contribution in [0.3, 0.4) is 0 Å². The number of carbonyl (C=O) groups excluding carboxylic acids is 2. The fraction of sp³-hybridized carbons (Fsp3) is 0.412. The van der Waals surface area contributed by atoms with Gasteiger partial charge in [0.2, 0.25) is 0 Å². The van der Waals surface area contributed by atoms with Gasteiger partial charge in [-0.2, -0.15) is 0 Å². The van der Waals surface area contributed by atoms with Crippen LogP contribution in [0.25, 0.3) is 0 Å². The van der Waals surface area contributed by atoms with Gasteiger partial charge >= 0.3 is 5.97 Å². The van der Waals surface area contributed by atoms with Crippen LogP contribution in [-0.4, -0.2) is 25.0 Å². The molecule has 5 rings (SSSR count). The maximum absolute atomic E-state index is 12.9. The van der Waals surface area contributed by atoms with Crippen molar-refractivity contribution in [2.45, 2.75) is 24.4 Å². The third-order valence-electron chi connectivity index (χ3n) is 5.16. The molecule has 4 nitrogen and oxygen atoms in total. The number of esters is 1. The number of carbonyl (C=O) groups is 2. The summed E-state index contributed by atoms with van der Waals surface area (Å²) in [7, 11) is 1.25. The zero-order valence-electron chi connectivity index (χ0n) is 11.7. The number of allylic oxidation sites excluding steroid dienone is 1. The Morgan fingerprint density at radius 1 is 1.24 bits per heavy atom. The predicted octanol–water partition coefficient (Wildman–Crippen LogP) is 2.02. The molecule has 0 N–H and O–H groups in total. The van der Waals surface area contributed by atoms with E-state index in [0.29, 0.717) is 0 Å². The van der Waals surface area contributed by atoms with E-state index in [4.69, 9.17) is 9.47 Å². The SMILES string of the molecule is COC(=O)C(=O)[C@]12c3ccccc3O[C@H]1[C@@H]1C=C[C@H]2CC1. The number of Topliss-reactive ketones (excluding diaryl/α,β-unsaturated/α-hetero) is 1. The maximum Gasteiger partial charge on any atom is 0.375 e. The van der Waals surface area contributed by atoms with Gasteiger partial charge in [-0.1, -0.05) is 30.4 Å². The highest BCUT2D eigenvalue weighted by Crippen LogP contribution is 2.58. The monoisotopic (exact) mass is 284 g/mol. The summed E-state index contributed by atoms with van der Waals surface area (Å²) < 4.78 is 10.8. The van der Waals surface area contributed by atoms with Crippen LogP contribution < -0.4 is 4.74 Å². The summed E-state index contributed by atoms with van der Waals surface area (Å²) in [5.74, 6) is -0.348. The van der Waals surface area contributed by atoms with Crippen LogP contribution >= 0.6 is 0 Å². The second-order valence-electron chi connectivity index (χ2n) is 5.96. The molecule has 1 saturated carbocycles. The minimum absolute atomic E-state index is 0.00255. The Morgan fingerprint density at radius 3 is 2.76 bits per heavy atom. The Morgan fingerprint density at radius 2 is 2.05 bits per heavy atom. The Labute approximate surface area is 122 Å². The number of benzene rings is 1. The van der Waals surface area contributed by atoms with Crippen LogP contribution in [-0.2, 0) is 19.7 Å². The number of methoxy groups -OCH3 is 1. The second-order valence-corrected chi connectivity index (χ2v) is 5.96. The molecule has 4 heteroatoms. The van der Waals surface area contributed by atoms with E-state index in [1.807, 2.05) is 24.3 Å². The lowest BCUT2D eigenvalue weighted by molar-refractivity contribution is -0.158. The molecule has 0 saturated heterocycles. The summed E-state index contributed by atoms with van der Waals surface area (Å²) in [5, 5.41) is 0. The minimum Gasteiger partial charge on any atom is -0.488 e. The first-order chi connectivity index (χ1) is 10.2. The van der Waals surface area contributed by atoms with Crippen molar-refractivity contribution >= 4 is 11.8 Å². The van der Waals surface area contributed by atoms with Gasteiger partial charge in [-0.25, -0.2) is 4.79 Å². The number of ketones is 1. The second kappa shape index (κ2) is 4.20. The van der Waals surface area contributed by atoms with Crippen LogP contribution in [0.2, 0.25) is 0 Å². The molecule has 108 valence electrons. The highest BCUT2D eigenvalue weighted by Gasteiger charge is 2.65. The van der Waals surface area contributed by atoms with Gasteiger partial charge < -0.3 is 9.47 Å². The molecular formula is C17H16O4. The summed E-state index contributed by atoms with van der Waals surface area (Å²) >= 11 is 0. The highest BCUT2D eigenvalue weighted by atomic mass is 16.5. The van der Waals surface area contributed by atoms with Crippen LogP contribution in [0.15, 0.2) is 36.4 Å². The van der Waals surface area contributed by atoms with E-state index in [2.05, 4.69) is 12.2 Å². The first-order valence-electron chi connectivity index (χ1n) is 7.26. The summed E-state index contributed by atoms with van der Waals surface area (Å²) in [6, 6.07) is 7.56. The molecule has 4 atom stereocenters. The van der Waals surface area contributed by atoms with Crippen LogP contribution in [0.5, 0.6) is 5.75 Å². The van der Waals surface area contributed by atoms with Gasteiger partial charge in [-0.3, -0.25) is 4.79 Å². The third kappa shape index (κ3) is 1.40. The Kier molecular flexibility index (Phi) is 2.52. The average Bonchev–Trinajstić information content (AvgIpc) is 2.92. The van der Waals surface area contributed by atoms with Crippen LogP contribution in [0.4, 0.5) is 0 Å². The van der Waals surface area contributed by atoms with Crippen molar-refractivity contribution in [3.05, 3.63) is 42.0 Å². The van der Waals surface area contributed by atoms with Crippen molar-refractivity contribution in [1.82, 2.24) is 0 Å². The molecule has 0 aromatic heterocycles. The average molecular weight is 284 g/mol. The molecule has 3 aliphatic carbocycles. The van der Waals surface area contributed by atoms with E-state index >= 15 is 0 Å². The van der Waals surface area contributed by atoms with Gasteiger partial charge in [0.05, 0.1) is 7.11 Å². The molecule has 0 amide bonds. The summed E-state index contributed by atoms with van der Waals surface area (Å²) in [5.41, 5.74) is -0.0640. The van der Waals surface area contributed by atoms with Gasteiger partial charge in [-0.05, 0) is 24.8 Å². The maximum atomic E-state index is 12.9. The van der Waals surface area contributed by atoms with E-state index in [1.54, 1.807) is 0 Å². The summed E-state index contributed by atoms with van der Waals surface area (Å²) in [4.78, 5) is 24.9. The smallest absolute Gasteiger partial charge is 0.375 e. The molecule has 0 unspecified atom stereocenters.